The molecule has 0 fully saturated rings. The normalized spacial score (nSPS) is 9.90. The number of nitrogens with two attached hydrogens (primary N) is 1. The lowest BCUT2D eigenvalue weighted by atomic mass is 10.2. The average Bonchev–Trinajstić information content (AvgIpc) is 1.82. The number of nitrogens with zero attached hydrogens (tertiary/aromatic N) is 1. The van der Waals surface area contributed by atoms with Gasteiger partial charge in [0.1, 0.15) is 0 Å². The van der Waals surface area contributed by atoms with E-state index in [2.05, 4.69) is 4.98 Å². The van der Waals surface area contributed by atoms with Gasteiger partial charge in [0, 0.05) is 17.3 Å². The Morgan fingerprint density at radius 2 is 2.10 bits per heavy atom. The zero-order valence-corrected chi connectivity index (χ0v) is 5.36. The molecule has 2 nitrogen and oxygen atoms in total. The van der Waals surface area contributed by atoms with E-state index in [9.17, 15) is 8.78 Å². The summed E-state index contributed by atoms with van der Waals surface area (Å²) in [6, 6.07) is 0.985. The Morgan fingerprint density at radius 1 is 1.50 bits per heavy atom. The Morgan fingerprint density at radius 3 is 2.60 bits per heavy atom. The molecule has 0 unspecified atom stereocenters. The molecule has 0 saturated heterocycles. The molecule has 0 radical (unpaired) electrons. The molecule has 0 aliphatic heterocycles. The largest absolute Gasteiger partial charge is 0.398 e. The second-order valence-corrected chi connectivity index (χ2v) is 1.95. The van der Waals surface area contributed by atoms with Crippen molar-refractivity contribution in [3.05, 3.63) is 23.5 Å². The molecule has 0 saturated carbocycles. The Kier molecular flexibility index (Phi) is 1.53. The number of nitrogen functional groups attached to an aromatic ring is 1. The third-order valence-corrected chi connectivity index (χ3v) is 1.22. The summed E-state index contributed by atoms with van der Waals surface area (Å²) in [5, 5.41) is 0. The summed E-state index contributed by atoms with van der Waals surface area (Å²) < 4.78 is 24.6. The van der Waals surface area contributed by atoms with Gasteiger partial charge in [0.2, 0.25) is 11.9 Å². The van der Waals surface area contributed by atoms with Crippen molar-refractivity contribution in [1.29, 1.82) is 0 Å². The van der Waals surface area contributed by atoms with Gasteiger partial charge in [-0.25, -0.2) is 0 Å². The second-order valence-electron chi connectivity index (χ2n) is 1.95. The van der Waals surface area contributed by atoms with E-state index in [1.807, 2.05) is 0 Å². The Balaban J connectivity index is 3.31. The maximum atomic E-state index is 12.4. The molecule has 0 atom stereocenters. The van der Waals surface area contributed by atoms with Gasteiger partial charge >= 0.3 is 0 Å². The predicted octanol–water partition coefficient (Wildman–Crippen LogP) is 1.25. The van der Waals surface area contributed by atoms with Gasteiger partial charge in [-0.15, -0.1) is 0 Å². The van der Waals surface area contributed by atoms with Gasteiger partial charge in [-0.1, -0.05) is 0 Å². The van der Waals surface area contributed by atoms with E-state index in [0.717, 1.165) is 6.07 Å². The highest BCUT2D eigenvalue weighted by Gasteiger charge is 2.04. The lowest BCUT2D eigenvalue weighted by molar-refractivity contribution is 0.508. The third-order valence-electron chi connectivity index (χ3n) is 1.22. The molecule has 0 bridgehead atoms. The number of hydrogen-bond acceptors (Lipinski definition) is 2. The third kappa shape index (κ3) is 1.05. The van der Waals surface area contributed by atoms with E-state index in [1.54, 1.807) is 0 Å². The molecular weight excluding hydrogens is 138 g/mol. The van der Waals surface area contributed by atoms with Gasteiger partial charge in [0.25, 0.3) is 0 Å². The van der Waals surface area contributed by atoms with Crippen molar-refractivity contribution in [1.82, 2.24) is 4.98 Å². The van der Waals surface area contributed by atoms with E-state index in [-0.39, 0.29) is 11.3 Å². The van der Waals surface area contributed by atoms with Crippen LogP contribution in [0.25, 0.3) is 0 Å². The number of hydrogen-bond donors (Lipinski definition) is 1. The van der Waals surface area contributed by atoms with Crippen LogP contribution in [0.15, 0.2) is 6.07 Å². The van der Waals surface area contributed by atoms with Crippen LogP contribution in [0.4, 0.5) is 14.5 Å². The molecule has 0 amide bonds. The van der Waals surface area contributed by atoms with Gasteiger partial charge in [-0.05, 0) is 6.92 Å². The van der Waals surface area contributed by atoms with Crippen LogP contribution < -0.4 is 5.73 Å². The quantitative estimate of drug-likeness (QED) is 0.556. The van der Waals surface area contributed by atoms with Crippen molar-refractivity contribution in [3.8, 4) is 0 Å². The molecule has 1 rings (SSSR count). The van der Waals surface area contributed by atoms with Crippen molar-refractivity contribution in [2.24, 2.45) is 0 Å². The number of aromatic nitrogens is 1. The molecule has 4 heteroatoms. The summed E-state index contributed by atoms with van der Waals surface area (Å²) in [7, 11) is 0. The zero-order valence-electron chi connectivity index (χ0n) is 5.36. The first-order chi connectivity index (χ1) is 4.61. The van der Waals surface area contributed by atoms with E-state index < -0.39 is 11.9 Å². The summed E-state index contributed by atoms with van der Waals surface area (Å²) in [6.07, 6.45) is 0. The highest BCUT2D eigenvalue weighted by molar-refractivity contribution is 5.44. The molecule has 1 aromatic rings. The van der Waals surface area contributed by atoms with Crippen LogP contribution in [0.3, 0.4) is 0 Å². The molecule has 1 aromatic heterocycles. The average molecular weight is 144 g/mol. The van der Waals surface area contributed by atoms with Crippen LogP contribution in [0, 0.1) is 18.8 Å². The molecular formula is C6H6F2N2. The lowest BCUT2D eigenvalue weighted by Gasteiger charge is -1.98. The topological polar surface area (TPSA) is 38.9 Å². The van der Waals surface area contributed by atoms with Crippen LogP contribution in [0.2, 0.25) is 0 Å². The molecule has 10 heavy (non-hydrogen) atoms. The van der Waals surface area contributed by atoms with Crippen LogP contribution in [-0.4, -0.2) is 4.98 Å². The summed E-state index contributed by atoms with van der Waals surface area (Å²) >= 11 is 0. The highest BCUT2D eigenvalue weighted by Crippen LogP contribution is 2.12. The van der Waals surface area contributed by atoms with Crippen molar-refractivity contribution in [3.63, 3.8) is 0 Å². The first-order valence-electron chi connectivity index (χ1n) is 2.69. The first kappa shape index (κ1) is 6.92. The number of pyridine rings is 1. The van der Waals surface area contributed by atoms with Gasteiger partial charge in [-0.3, -0.25) is 0 Å². The standard InChI is InChI=1S/C6H6F2N2/c1-3-4(9)2-5(7)10-6(3)8/h2H,1H3,(H2,9,10). The Labute approximate surface area is 56.7 Å². The maximum absolute atomic E-state index is 12.4. The highest BCUT2D eigenvalue weighted by atomic mass is 19.1. The summed E-state index contributed by atoms with van der Waals surface area (Å²) in [5.74, 6) is -1.74. The maximum Gasteiger partial charge on any atom is 0.220 e. The van der Waals surface area contributed by atoms with Crippen LogP contribution in [0.1, 0.15) is 5.56 Å². The fourth-order valence-corrected chi connectivity index (χ4v) is 0.566. The first-order valence-corrected chi connectivity index (χ1v) is 2.69. The van der Waals surface area contributed by atoms with Crippen molar-refractivity contribution in [2.75, 3.05) is 5.73 Å². The van der Waals surface area contributed by atoms with Crippen molar-refractivity contribution < 1.29 is 8.78 Å². The van der Waals surface area contributed by atoms with E-state index in [0.29, 0.717) is 0 Å². The van der Waals surface area contributed by atoms with Gasteiger partial charge < -0.3 is 5.73 Å². The number of anilines is 1. The molecule has 2 N–H and O–H groups in total. The second kappa shape index (κ2) is 2.21. The smallest absolute Gasteiger partial charge is 0.220 e. The minimum absolute atomic E-state index is 0.0880. The van der Waals surface area contributed by atoms with Gasteiger partial charge in [-0.2, -0.15) is 13.8 Å². The zero-order chi connectivity index (χ0) is 7.72. The fraction of sp³-hybridized carbons (Fsp3) is 0.167. The molecule has 54 valence electrons. The van der Waals surface area contributed by atoms with Gasteiger partial charge in [0.15, 0.2) is 0 Å². The molecule has 0 aliphatic carbocycles. The number of halogens is 2. The Hall–Kier alpha value is -1.19. The van der Waals surface area contributed by atoms with Crippen LogP contribution in [-0.2, 0) is 0 Å². The van der Waals surface area contributed by atoms with Gasteiger partial charge in [0.05, 0.1) is 0 Å². The van der Waals surface area contributed by atoms with Crippen LogP contribution in [0.5, 0.6) is 0 Å². The SMILES string of the molecule is Cc1c(N)cc(F)nc1F. The lowest BCUT2D eigenvalue weighted by Crippen LogP contribution is -1.98. The fourth-order valence-electron chi connectivity index (χ4n) is 0.566. The van der Waals surface area contributed by atoms with E-state index in [4.69, 9.17) is 5.73 Å². The molecule has 0 aliphatic rings. The number of rotatable bonds is 0. The summed E-state index contributed by atoms with van der Waals surface area (Å²) in [6.45, 7) is 1.44. The molecule has 0 aromatic carbocycles. The predicted molar refractivity (Wildman–Crippen MR) is 33.3 cm³/mol. The summed E-state index contributed by atoms with van der Waals surface area (Å²) in [5.41, 5.74) is 5.47. The molecule has 1 heterocycles. The Bertz CT molecular complexity index is 237. The van der Waals surface area contributed by atoms with E-state index >= 15 is 0 Å². The minimum atomic E-state index is -0.888. The van der Waals surface area contributed by atoms with E-state index in [1.165, 1.54) is 6.92 Å². The van der Waals surface area contributed by atoms with Crippen molar-refractivity contribution >= 4 is 5.69 Å². The summed E-state index contributed by atoms with van der Waals surface area (Å²) in [4.78, 5) is 2.92. The monoisotopic (exact) mass is 144 g/mol. The van der Waals surface area contributed by atoms with Crippen LogP contribution >= 0.6 is 0 Å². The molecule has 0 spiro atoms. The minimum Gasteiger partial charge on any atom is -0.398 e. The van der Waals surface area contributed by atoms with Crippen molar-refractivity contribution in [2.45, 2.75) is 6.92 Å².